The van der Waals surface area contributed by atoms with E-state index in [0.29, 0.717) is 6.54 Å². The van der Waals surface area contributed by atoms with Crippen molar-refractivity contribution in [1.29, 1.82) is 0 Å². The molecule has 36 heavy (non-hydrogen) atoms. The Bertz CT molecular complexity index is 948. The molecule has 0 radical (unpaired) electrons. The molecule has 5 aliphatic rings. The molecule has 1 aromatic heterocycles. The summed E-state index contributed by atoms with van der Waals surface area (Å²) in [6, 6.07) is 5.92. The molecule has 0 spiro atoms. The van der Waals surface area contributed by atoms with Crippen LogP contribution in [0.3, 0.4) is 0 Å². The summed E-state index contributed by atoms with van der Waals surface area (Å²) in [5.74, 6) is -0.271. The Hall–Kier alpha value is -2.52. The van der Waals surface area contributed by atoms with E-state index in [1.54, 1.807) is 6.20 Å². The molecule has 0 aromatic carbocycles. The van der Waals surface area contributed by atoms with E-state index in [4.69, 9.17) is 9.47 Å². The topological polar surface area (TPSA) is 92.3 Å². The fraction of sp³-hybridized carbons (Fsp3) is 0.704. The van der Waals surface area contributed by atoms with Gasteiger partial charge in [0.1, 0.15) is 11.9 Å². The van der Waals surface area contributed by atoms with Crippen molar-refractivity contribution in [2.24, 2.45) is 17.8 Å². The van der Waals surface area contributed by atoms with E-state index in [9.17, 15) is 14.4 Å². The lowest BCUT2D eigenvalue weighted by atomic mass is 9.81. The highest BCUT2D eigenvalue weighted by Gasteiger charge is 2.62. The Kier molecular flexibility index (Phi) is 6.69. The van der Waals surface area contributed by atoms with Crippen molar-refractivity contribution in [3.63, 3.8) is 0 Å². The van der Waals surface area contributed by atoms with E-state index in [0.717, 1.165) is 76.9 Å². The Morgan fingerprint density at radius 1 is 0.944 bits per heavy atom. The highest BCUT2D eigenvalue weighted by Crippen LogP contribution is 2.48. The zero-order valence-electron chi connectivity index (χ0n) is 20.8. The molecule has 1 aromatic rings. The van der Waals surface area contributed by atoms with Crippen LogP contribution in [0.4, 0.5) is 5.82 Å². The second-order valence-corrected chi connectivity index (χ2v) is 11.0. The number of carbonyl (C=O) groups is 3. The lowest BCUT2D eigenvalue weighted by Crippen LogP contribution is -2.52. The minimum atomic E-state index is -0.522. The number of hydrogen-bond donors (Lipinski definition) is 0. The van der Waals surface area contributed by atoms with Crippen molar-refractivity contribution >= 4 is 23.6 Å². The van der Waals surface area contributed by atoms with Gasteiger partial charge in [-0.3, -0.25) is 24.2 Å². The van der Waals surface area contributed by atoms with Gasteiger partial charge in [-0.25, -0.2) is 4.98 Å². The third-order valence-corrected chi connectivity index (χ3v) is 8.79. The van der Waals surface area contributed by atoms with Crippen molar-refractivity contribution in [1.82, 2.24) is 14.8 Å². The van der Waals surface area contributed by atoms with Crippen molar-refractivity contribution in [3.8, 4) is 0 Å². The number of hydrogen-bond acceptors (Lipinski definition) is 8. The van der Waals surface area contributed by atoms with Gasteiger partial charge in [0.2, 0.25) is 11.8 Å². The number of nitrogens with zero attached hydrogens (tertiary/aromatic N) is 4. The molecule has 5 unspecified atom stereocenters. The van der Waals surface area contributed by atoms with Crippen LogP contribution in [0.15, 0.2) is 24.4 Å². The SMILES string of the molecule is O=C(OC(CN1CCN(c2ccccn2)CC1)CN1C(=O)C2C3CCC(O3)C2C1=O)C1CCCCC1. The second-order valence-electron chi connectivity index (χ2n) is 11.0. The molecule has 0 N–H and O–H groups in total. The molecule has 4 saturated heterocycles. The first kappa shape index (κ1) is 23.9. The number of carbonyl (C=O) groups excluding carboxylic acids is 3. The molecule has 5 fully saturated rings. The average Bonchev–Trinajstić information content (AvgIpc) is 3.60. The molecule has 6 rings (SSSR count). The van der Waals surface area contributed by atoms with Gasteiger partial charge in [0, 0.05) is 38.9 Å². The molecule has 4 aliphatic heterocycles. The predicted octanol–water partition coefficient (Wildman–Crippen LogP) is 1.86. The minimum Gasteiger partial charge on any atom is -0.459 e. The van der Waals surface area contributed by atoms with E-state index in [2.05, 4.69) is 14.8 Å². The number of anilines is 1. The van der Waals surface area contributed by atoms with Gasteiger partial charge < -0.3 is 14.4 Å². The van der Waals surface area contributed by atoms with Gasteiger partial charge >= 0.3 is 5.97 Å². The number of aromatic nitrogens is 1. The summed E-state index contributed by atoms with van der Waals surface area (Å²) in [6.45, 7) is 3.92. The van der Waals surface area contributed by atoms with Crippen LogP contribution in [-0.2, 0) is 23.9 Å². The van der Waals surface area contributed by atoms with Gasteiger partial charge in [-0.15, -0.1) is 0 Å². The number of piperazine rings is 1. The smallest absolute Gasteiger partial charge is 0.309 e. The third-order valence-electron chi connectivity index (χ3n) is 8.79. The van der Waals surface area contributed by atoms with Crippen LogP contribution in [0.1, 0.15) is 44.9 Å². The van der Waals surface area contributed by atoms with Crippen LogP contribution in [0.2, 0.25) is 0 Å². The van der Waals surface area contributed by atoms with Crippen molar-refractivity contribution in [2.75, 3.05) is 44.2 Å². The summed E-state index contributed by atoms with van der Waals surface area (Å²) in [6.07, 6.45) is 7.70. The van der Waals surface area contributed by atoms with Crippen molar-refractivity contribution in [3.05, 3.63) is 24.4 Å². The number of fused-ring (bicyclic) bond motifs is 5. The van der Waals surface area contributed by atoms with Gasteiger partial charge in [0.15, 0.2) is 0 Å². The zero-order chi connectivity index (χ0) is 24.6. The summed E-state index contributed by atoms with van der Waals surface area (Å²) in [5, 5.41) is 0. The lowest BCUT2D eigenvalue weighted by Gasteiger charge is -2.37. The maximum absolute atomic E-state index is 13.3. The number of ether oxygens (including phenoxy) is 2. The first-order valence-corrected chi connectivity index (χ1v) is 13.7. The van der Waals surface area contributed by atoms with Crippen LogP contribution in [0.25, 0.3) is 0 Å². The molecule has 2 amide bonds. The van der Waals surface area contributed by atoms with Crippen molar-refractivity contribution < 1.29 is 23.9 Å². The summed E-state index contributed by atoms with van der Waals surface area (Å²) in [5.41, 5.74) is 0. The lowest BCUT2D eigenvalue weighted by molar-refractivity contribution is -0.161. The number of imide groups is 1. The van der Waals surface area contributed by atoms with Crippen LogP contribution >= 0.6 is 0 Å². The molecule has 9 nitrogen and oxygen atoms in total. The first-order chi connectivity index (χ1) is 17.6. The number of amides is 2. The highest BCUT2D eigenvalue weighted by molar-refractivity contribution is 6.06. The van der Waals surface area contributed by atoms with E-state index in [1.165, 1.54) is 4.90 Å². The molecular formula is C27H36N4O5. The number of likely N-dealkylation sites (tertiary alicyclic amines) is 1. The second kappa shape index (κ2) is 10.1. The van der Waals surface area contributed by atoms with Crippen molar-refractivity contribution in [2.45, 2.75) is 63.3 Å². The standard InChI is InChI=1S/C27H36N4O5/c32-25-23-20-9-10-21(36-20)24(23)26(33)31(25)17-19(35-27(34)18-6-2-1-3-7-18)16-29-12-14-30(15-13-29)22-8-4-5-11-28-22/h4-5,8,11,18-21,23-24H,1-3,6-7,9-10,12-17H2. The van der Waals surface area contributed by atoms with Crippen LogP contribution in [0, 0.1) is 17.8 Å². The fourth-order valence-electron chi connectivity index (χ4n) is 6.88. The van der Waals surface area contributed by atoms with Crippen LogP contribution in [0.5, 0.6) is 0 Å². The molecular weight excluding hydrogens is 460 g/mol. The van der Waals surface area contributed by atoms with Gasteiger partial charge in [-0.05, 0) is 37.8 Å². The Morgan fingerprint density at radius 3 is 2.28 bits per heavy atom. The number of rotatable bonds is 7. The third kappa shape index (κ3) is 4.52. The Morgan fingerprint density at radius 2 is 1.64 bits per heavy atom. The highest BCUT2D eigenvalue weighted by atomic mass is 16.5. The van der Waals surface area contributed by atoms with Gasteiger partial charge in [-0.1, -0.05) is 25.3 Å². The monoisotopic (exact) mass is 496 g/mol. The molecule has 2 bridgehead atoms. The summed E-state index contributed by atoms with van der Waals surface area (Å²) in [4.78, 5) is 50.0. The molecule has 1 aliphatic carbocycles. The molecule has 1 saturated carbocycles. The maximum Gasteiger partial charge on any atom is 0.309 e. The summed E-state index contributed by atoms with van der Waals surface area (Å²) < 4.78 is 11.9. The predicted molar refractivity (Wildman–Crippen MR) is 131 cm³/mol. The number of esters is 1. The number of pyridine rings is 1. The Labute approximate surface area is 212 Å². The van der Waals surface area contributed by atoms with Crippen LogP contribution < -0.4 is 4.90 Å². The van der Waals surface area contributed by atoms with E-state index < -0.39 is 6.10 Å². The van der Waals surface area contributed by atoms with Gasteiger partial charge in [-0.2, -0.15) is 0 Å². The normalized spacial score (nSPS) is 31.7. The Balaban J connectivity index is 1.12. The minimum absolute atomic E-state index is 0.0733. The molecule has 194 valence electrons. The average molecular weight is 497 g/mol. The van der Waals surface area contributed by atoms with Crippen LogP contribution in [-0.4, -0.2) is 90.1 Å². The molecule has 9 heteroatoms. The van der Waals surface area contributed by atoms with Gasteiger partial charge in [0.25, 0.3) is 0 Å². The zero-order valence-corrected chi connectivity index (χ0v) is 20.8. The van der Waals surface area contributed by atoms with E-state index in [-0.39, 0.29) is 54.3 Å². The molecule has 5 heterocycles. The first-order valence-electron chi connectivity index (χ1n) is 13.7. The van der Waals surface area contributed by atoms with Gasteiger partial charge in [0.05, 0.1) is 36.5 Å². The summed E-state index contributed by atoms with van der Waals surface area (Å²) in [7, 11) is 0. The fourth-order valence-corrected chi connectivity index (χ4v) is 6.88. The largest absolute Gasteiger partial charge is 0.459 e. The quantitative estimate of drug-likeness (QED) is 0.417. The van der Waals surface area contributed by atoms with E-state index >= 15 is 0 Å². The molecule has 5 atom stereocenters. The maximum atomic E-state index is 13.3. The summed E-state index contributed by atoms with van der Waals surface area (Å²) >= 11 is 0. The van der Waals surface area contributed by atoms with E-state index in [1.807, 2.05) is 18.2 Å².